The molecule has 100 valence electrons. The molecule has 1 saturated heterocycles. The van der Waals surface area contributed by atoms with Gasteiger partial charge >= 0.3 is 0 Å². The highest BCUT2D eigenvalue weighted by Gasteiger charge is 2.19. The summed E-state index contributed by atoms with van der Waals surface area (Å²) in [6.45, 7) is 1.51. The Kier molecular flexibility index (Phi) is 3.84. The predicted molar refractivity (Wildman–Crippen MR) is 67.9 cm³/mol. The number of primary sulfonamides is 1. The fourth-order valence-electron chi connectivity index (χ4n) is 2.01. The molecule has 0 bridgehead atoms. The lowest BCUT2D eigenvalue weighted by Crippen LogP contribution is -2.37. The van der Waals surface area contributed by atoms with Gasteiger partial charge in [0.25, 0.3) is 0 Å². The normalized spacial score (nSPS) is 17.7. The van der Waals surface area contributed by atoms with Gasteiger partial charge in [0, 0.05) is 32.5 Å². The molecule has 0 unspecified atom stereocenters. The van der Waals surface area contributed by atoms with E-state index in [1.165, 1.54) is 12.3 Å². The number of pyridine rings is 1. The van der Waals surface area contributed by atoms with E-state index in [-0.39, 0.29) is 4.90 Å². The first kappa shape index (κ1) is 13.3. The number of rotatable bonds is 3. The summed E-state index contributed by atoms with van der Waals surface area (Å²) in [7, 11) is -1.72. The van der Waals surface area contributed by atoms with E-state index >= 15 is 0 Å². The first-order valence-electron chi connectivity index (χ1n) is 5.78. The Labute approximate surface area is 107 Å². The number of nitrogens with two attached hydrogens (primary N) is 1. The van der Waals surface area contributed by atoms with Gasteiger partial charge in [0.05, 0.1) is 0 Å². The molecule has 2 heterocycles. The third-order valence-electron chi connectivity index (χ3n) is 3.15. The van der Waals surface area contributed by atoms with Crippen molar-refractivity contribution >= 4 is 15.8 Å². The largest absolute Gasteiger partial charge is 0.381 e. The summed E-state index contributed by atoms with van der Waals surface area (Å²) in [6.07, 6.45) is 3.20. The molecule has 7 heteroatoms. The summed E-state index contributed by atoms with van der Waals surface area (Å²) < 4.78 is 27.6. The molecule has 0 atom stereocenters. The summed E-state index contributed by atoms with van der Waals surface area (Å²) >= 11 is 0. The molecule has 2 rings (SSSR count). The standard InChI is InChI=1S/C11H17N3O3S/c1-14(9-4-6-17-7-5-9)11-3-2-10(8-13-11)18(12,15)16/h2-3,8-9H,4-7H2,1H3,(H2,12,15,16). The molecule has 6 nitrogen and oxygen atoms in total. The SMILES string of the molecule is CN(c1ccc(S(N)(=O)=O)cn1)C1CCOCC1. The zero-order valence-electron chi connectivity index (χ0n) is 10.2. The quantitative estimate of drug-likeness (QED) is 0.857. The molecular formula is C11H17N3O3S. The average molecular weight is 271 g/mol. The van der Waals surface area contributed by atoms with Gasteiger partial charge in [0.15, 0.2) is 0 Å². The highest BCUT2D eigenvalue weighted by atomic mass is 32.2. The van der Waals surface area contributed by atoms with Crippen LogP contribution < -0.4 is 10.0 Å². The molecule has 18 heavy (non-hydrogen) atoms. The smallest absolute Gasteiger partial charge is 0.239 e. The summed E-state index contributed by atoms with van der Waals surface area (Å²) in [4.78, 5) is 6.23. The molecule has 1 aliphatic rings. The molecule has 1 aromatic rings. The number of sulfonamides is 1. The molecule has 2 N–H and O–H groups in total. The minimum absolute atomic E-state index is 0.0339. The van der Waals surface area contributed by atoms with E-state index in [1.54, 1.807) is 6.07 Å². The fraction of sp³-hybridized carbons (Fsp3) is 0.545. The lowest BCUT2D eigenvalue weighted by molar-refractivity contribution is 0.0853. The number of hydrogen-bond acceptors (Lipinski definition) is 5. The highest BCUT2D eigenvalue weighted by molar-refractivity contribution is 7.89. The van der Waals surface area contributed by atoms with Crippen LogP contribution in [-0.4, -0.2) is 39.7 Å². The zero-order chi connectivity index (χ0) is 13.2. The Hall–Kier alpha value is -1.18. The minimum Gasteiger partial charge on any atom is -0.381 e. The molecule has 1 aromatic heterocycles. The first-order valence-corrected chi connectivity index (χ1v) is 7.32. The van der Waals surface area contributed by atoms with E-state index in [9.17, 15) is 8.42 Å². The Balaban J connectivity index is 2.13. The summed E-state index contributed by atoms with van der Waals surface area (Å²) in [5.74, 6) is 0.745. The van der Waals surface area contributed by atoms with E-state index in [1.807, 2.05) is 7.05 Å². The summed E-state index contributed by atoms with van der Waals surface area (Å²) in [5.41, 5.74) is 0. The molecular weight excluding hydrogens is 254 g/mol. The van der Waals surface area contributed by atoms with Crippen molar-refractivity contribution in [1.82, 2.24) is 4.98 Å². The number of nitrogens with zero attached hydrogens (tertiary/aromatic N) is 2. The van der Waals surface area contributed by atoms with Crippen LogP contribution in [0.5, 0.6) is 0 Å². The van der Waals surface area contributed by atoms with E-state index in [4.69, 9.17) is 9.88 Å². The van der Waals surface area contributed by atoms with Crippen LogP contribution in [0.1, 0.15) is 12.8 Å². The molecule has 0 spiro atoms. The number of ether oxygens (including phenoxy) is 1. The van der Waals surface area contributed by atoms with Gasteiger partial charge < -0.3 is 9.64 Å². The second kappa shape index (κ2) is 5.21. The monoisotopic (exact) mass is 271 g/mol. The first-order chi connectivity index (χ1) is 8.48. The van der Waals surface area contributed by atoms with Crippen LogP contribution in [0.15, 0.2) is 23.2 Å². The van der Waals surface area contributed by atoms with Crippen molar-refractivity contribution in [3.63, 3.8) is 0 Å². The van der Waals surface area contributed by atoms with Gasteiger partial charge in [-0.3, -0.25) is 0 Å². The molecule has 0 saturated carbocycles. The van der Waals surface area contributed by atoms with Crippen LogP contribution >= 0.6 is 0 Å². The molecule has 0 aromatic carbocycles. The van der Waals surface area contributed by atoms with Crippen LogP contribution in [0.3, 0.4) is 0 Å². The zero-order valence-corrected chi connectivity index (χ0v) is 11.1. The van der Waals surface area contributed by atoms with Crippen LogP contribution in [0.2, 0.25) is 0 Å². The van der Waals surface area contributed by atoms with Crippen molar-refractivity contribution in [2.24, 2.45) is 5.14 Å². The van der Waals surface area contributed by atoms with Crippen LogP contribution in [0.25, 0.3) is 0 Å². The highest BCUT2D eigenvalue weighted by Crippen LogP contribution is 2.19. The molecule has 1 fully saturated rings. The average Bonchev–Trinajstić information content (AvgIpc) is 2.38. The molecule has 1 aliphatic heterocycles. The number of aromatic nitrogens is 1. The lowest BCUT2D eigenvalue weighted by atomic mass is 10.1. The van der Waals surface area contributed by atoms with E-state index in [2.05, 4.69) is 9.88 Å². The maximum atomic E-state index is 11.1. The van der Waals surface area contributed by atoms with Crippen molar-refractivity contribution in [2.75, 3.05) is 25.2 Å². The van der Waals surface area contributed by atoms with Crippen LogP contribution in [0, 0.1) is 0 Å². The third kappa shape index (κ3) is 2.98. The second-order valence-electron chi connectivity index (χ2n) is 4.35. The molecule has 0 radical (unpaired) electrons. The Morgan fingerprint density at radius 2 is 2.06 bits per heavy atom. The van der Waals surface area contributed by atoms with Crippen molar-refractivity contribution in [1.29, 1.82) is 0 Å². The van der Waals surface area contributed by atoms with E-state index in [0.29, 0.717) is 6.04 Å². The topological polar surface area (TPSA) is 85.5 Å². The lowest BCUT2D eigenvalue weighted by Gasteiger charge is -2.32. The van der Waals surface area contributed by atoms with Gasteiger partial charge in [-0.25, -0.2) is 18.5 Å². The summed E-state index contributed by atoms with van der Waals surface area (Å²) in [6, 6.07) is 3.54. The van der Waals surface area contributed by atoms with Crippen molar-refractivity contribution in [3.8, 4) is 0 Å². The van der Waals surface area contributed by atoms with Gasteiger partial charge in [-0.05, 0) is 25.0 Å². The van der Waals surface area contributed by atoms with Crippen LogP contribution in [0.4, 0.5) is 5.82 Å². The van der Waals surface area contributed by atoms with E-state index in [0.717, 1.165) is 31.9 Å². The maximum absolute atomic E-state index is 11.1. The van der Waals surface area contributed by atoms with Gasteiger partial charge in [-0.1, -0.05) is 0 Å². The fourth-order valence-corrected chi connectivity index (χ4v) is 2.47. The molecule has 0 aliphatic carbocycles. The van der Waals surface area contributed by atoms with Crippen LogP contribution in [-0.2, 0) is 14.8 Å². The predicted octanol–water partition coefficient (Wildman–Crippen LogP) is 0.344. The summed E-state index contributed by atoms with van der Waals surface area (Å²) in [5, 5.41) is 5.03. The molecule has 0 amide bonds. The number of anilines is 1. The third-order valence-corrected chi connectivity index (χ3v) is 4.05. The minimum atomic E-state index is -3.67. The maximum Gasteiger partial charge on any atom is 0.239 e. The number of hydrogen-bond donors (Lipinski definition) is 1. The van der Waals surface area contributed by atoms with Gasteiger partial charge in [-0.2, -0.15) is 0 Å². The van der Waals surface area contributed by atoms with E-state index < -0.39 is 10.0 Å². The van der Waals surface area contributed by atoms with Crippen molar-refractivity contribution < 1.29 is 13.2 Å². The van der Waals surface area contributed by atoms with Gasteiger partial charge in [-0.15, -0.1) is 0 Å². The Bertz CT molecular complexity index is 495. The Morgan fingerprint density at radius 3 is 2.56 bits per heavy atom. The Morgan fingerprint density at radius 1 is 1.39 bits per heavy atom. The second-order valence-corrected chi connectivity index (χ2v) is 5.91. The van der Waals surface area contributed by atoms with Gasteiger partial charge in [0.2, 0.25) is 10.0 Å². The van der Waals surface area contributed by atoms with Crippen molar-refractivity contribution in [3.05, 3.63) is 18.3 Å². The van der Waals surface area contributed by atoms with Gasteiger partial charge in [0.1, 0.15) is 10.7 Å². The van der Waals surface area contributed by atoms with Crippen molar-refractivity contribution in [2.45, 2.75) is 23.8 Å².